The molecule has 0 aliphatic heterocycles. The summed E-state index contributed by atoms with van der Waals surface area (Å²) in [4.78, 5) is 57.6. The molecule has 0 fully saturated rings. The molecule has 0 spiro atoms. The van der Waals surface area contributed by atoms with E-state index in [0.717, 1.165) is 22.3 Å². The average molecular weight is 672 g/mol. The van der Waals surface area contributed by atoms with Crippen molar-refractivity contribution in [2.75, 3.05) is 0 Å². The first kappa shape index (κ1) is 38.8. The van der Waals surface area contributed by atoms with E-state index in [4.69, 9.17) is 9.47 Å². The number of amides is 3. The molecule has 0 saturated heterocycles. The van der Waals surface area contributed by atoms with Gasteiger partial charge in [-0.15, -0.1) is 0 Å². The van der Waals surface area contributed by atoms with Gasteiger partial charge >= 0.3 is 12.1 Å². The van der Waals surface area contributed by atoms with E-state index in [9.17, 15) is 19.2 Å². The van der Waals surface area contributed by atoms with Gasteiger partial charge in [0.25, 0.3) is 0 Å². The molecule has 9 heteroatoms. The van der Waals surface area contributed by atoms with Gasteiger partial charge in [-0.25, -0.2) is 9.59 Å². The SMILES string of the molecule is Cc1ccc(C(C(=O)NC(Cc2ccccc2)C(=O)OC(C)(C)C)N(C(=O)C(Cc2ccccc2)NC(=O)OC(C)(C)C)C(C)C)c(C)c1. The largest absolute Gasteiger partial charge is 0.458 e. The lowest BCUT2D eigenvalue weighted by molar-refractivity contribution is -0.159. The number of carbonyl (C=O) groups excluding carboxylic acids is 4. The Hall–Kier alpha value is -4.66. The molecule has 3 aromatic rings. The quantitative estimate of drug-likeness (QED) is 0.205. The standard InChI is InChI=1S/C40H53N3O6/c1-26(2)43(36(45)32(24-29-17-13-11-14-18-29)42-38(47)49-40(8,9)10)34(31-22-21-27(3)23-28(31)4)35(44)41-33(37(46)48-39(5,6)7)25-30-19-15-12-16-20-30/h11-23,26,32-34H,24-25H2,1-10H3,(H,41,44)(H,42,47). The lowest BCUT2D eigenvalue weighted by Crippen LogP contribution is -2.57. The van der Waals surface area contributed by atoms with Crippen LogP contribution in [0, 0.1) is 13.8 Å². The van der Waals surface area contributed by atoms with Crippen molar-refractivity contribution in [1.29, 1.82) is 0 Å². The molecule has 2 N–H and O–H groups in total. The van der Waals surface area contributed by atoms with Crippen LogP contribution in [0.3, 0.4) is 0 Å². The fourth-order valence-electron chi connectivity index (χ4n) is 5.58. The van der Waals surface area contributed by atoms with Gasteiger partial charge in [0, 0.05) is 18.9 Å². The Morgan fingerprint density at radius 2 is 1.20 bits per heavy atom. The maximum absolute atomic E-state index is 14.8. The van der Waals surface area contributed by atoms with Crippen molar-refractivity contribution in [3.8, 4) is 0 Å². The molecule has 3 amide bonds. The normalized spacial score (nSPS) is 13.5. The number of rotatable bonds is 12. The van der Waals surface area contributed by atoms with Crippen molar-refractivity contribution in [3.05, 3.63) is 107 Å². The number of carbonyl (C=O) groups is 4. The maximum atomic E-state index is 14.8. The minimum Gasteiger partial charge on any atom is -0.458 e. The summed E-state index contributed by atoms with van der Waals surface area (Å²) >= 11 is 0. The molecule has 0 aliphatic carbocycles. The Morgan fingerprint density at radius 3 is 1.67 bits per heavy atom. The lowest BCUT2D eigenvalue weighted by atomic mass is 9.94. The van der Waals surface area contributed by atoms with E-state index < -0.39 is 59.2 Å². The monoisotopic (exact) mass is 671 g/mol. The number of alkyl carbamates (subject to hydrolysis) is 1. The maximum Gasteiger partial charge on any atom is 0.408 e. The molecule has 0 radical (unpaired) electrons. The van der Waals surface area contributed by atoms with E-state index in [1.807, 2.05) is 107 Å². The highest BCUT2D eigenvalue weighted by Gasteiger charge is 2.40. The molecule has 0 bridgehead atoms. The van der Waals surface area contributed by atoms with E-state index in [-0.39, 0.29) is 12.8 Å². The van der Waals surface area contributed by atoms with Gasteiger partial charge in [0.1, 0.15) is 29.3 Å². The zero-order valence-corrected chi connectivity index (χ0v) is 30.6. The van der Waals surface area contributed by atoms with Crippen LogP contribution in [0.5, 0.6) is 0 Å². The van der Waals surface area contributed by atoms with Crippen molar-refractivity contribution in [3.63, 3.8) is 0 Å². The molecule has 0 saturated carbocycles. The van der Waals surface area contributed by atoms with Crippen LogP contribution >= 0.6 is 0 Å². The van der Waals surface area contributed by atoms with Crippen molar-refractivity contribution in [2.24, 2.45) is 0 Å². The number of hydrogen-bond acceptors (Lipinski definition) is 6. The zero-order chi connectivity index (χ0) is 36.5. The molecule has 0 heterocycles. The fraction of sp³-hybridized carbons (Fsp3) is 0.450. The summed E-state index contributed by atoms with van der Waals surface area (Å²) in [6.45, 7) is 18.1. The van der Waals surface area contributed by atoms with E-state index in [1.54, 1.807) is 41.5 Å². The second-order valence-corrected chi connectivity index (χ2v) is 14.8. The highest BCUT2D eigenvalue weighted by Crippen LogP contribution is 2.29. The Kier molecular flexibility index (Phi) is 13.2. The first-order valence-corrected chi connectivity index (χ1v) is 16.8. The van der Waals surface area contributed by atoms with E-state index in [1.165, 1.54) is 4.90 Å². The molecule has 49 heavy (non-hydrogen) atoms. The topological polar surface area (TPSA) is 114 Å². The van der Waals surface area contributed by atoms with Gasteiger partial charge in [-0.2, -0.15) is 0 Å². The lowest BCUT2D eigenvalue weighted by Gasteiger charge is -2.38. The van der Waals surface area contributed by atoms with Crippen molar-refractivity contribution in [1.82, 2.24) is 15.5 Å². The van der Waals surface area contributed by atoms with E-state index in [0.29, 0.717) is 5.56 Å². The predicted octanol–water partition coefficient (Wildman–Crippen LogP) is 6.79. The van der Waals surface area contributed by atoms with Gasteiger partial charge < -0.3 is 25.0 Å². The number of nitrogens with one attached hydrogen (secondary N) is 2. The third kappa shape index (κ3) is 12.1. The summed E-state index contributed by atoms with van der Waals surface area (Å²) < 4.78 is 11.3. The molecular formula is C40H53N3O6. The smallest absolute Gasteiger partial charge is 0.408 e. The van der Waals surface area contributed by atoms with Gasteiger partial charge in [0.2, 0.25) is 11.8 Å². The highest BCUT2D eigenvalue weighted by molar-refractivity contribution is 5.94. The minimum absolute atomic E-state index is 0.165. The number of nitrogens with zero attached hydrogens (tertiary/aromatic N) is 1. The van der Waals surface area contributed by atoms with Crippen molar-refractivity contribution in [2.45, 2.75) is 117 Å². The molecule has 3 aromatic carbocycles. The predicted molar refractivity (Wildman–Crippen MR) is 192 cm³/mol. The van der Waals surface area contributed by atoms with Gasteiger partial charge in [-0.3, -0.25) is 9.59 Å². The summed E-state index contributed by atoms with van der Waals surface area (Å²) in [5.74, 6) is -1.60. The molecule has 0 aromatic heterocycles. The Balaban J connectivity index is 2.12. The number of esters is 1. The van der Waals surface area contributed by atoms with Crippen LogP contribution in [-0.2, 0) is 36.7 Å². The van der Waals surface area contributed by atoms with Gasteiger partial charge in [-0.05, 0) is 91.5 Å². The Morgan fingerprint density at radius 1 is 0.694 bits per heavy atom. The van der Waals surface area contributed by atoms with E-state index in [2.05, 4.69) is 10.6 Å². The molecular weight excluding hydrogens is 618 g/mol. The second-order valence-electron chi connectivity index (χ2n) is 14.8. The summed E-state index contributed by atoms with van der Waals surface area (Å²) in [5, 5.41) is 5.74. The summed E-state index contributed by atoms with van der Waals surface area (Å²) in [6, 6.07) is 20.7. The number of ether oxygens (including phenoxy) is 2. The summed E-state index contributed by atoms with van der Waals surface area (Å²) in [5.41, 5.74) is 2.47. The van der Waals surface area contributed by atoms with Crippen LogP contribution in [0.25, 0.3) is 0 Å². The molecule has 264 valence electrons. The van der Waals surface area contributed by atoms with Crippen LogP contribution in [0.4, 0.5) is 4.79 Å². The first-order valence-electron chi connectivity index (χ1n) is 16.8. The summed E-state index contributed by atoms with van der Waals surface area (Å²) in [7, 11) is 0. The molecule has 3 atom stereocenters. The minimum atomic E-state index is -1.15. The molecule has 3 rings (SSSR count). The van der Waals surface area contributed by atoms with Crippen LogP contribution in [-0.4, -0.2) is 58.1 Å². The third-order valence-corrected chi connectivity index (χ3v) is 7.62. The van der Waals surface area contributed by atoms with Crippen molar-refractivity contribution < 1.29 is 28.7 Å². The molecule has 9 nitrogen and oxygen atoms in total. The number of benzene rings is 3. The zero-order valence-electron chi connectivity index (χ0n) is 30.6. The molecule has 0 aliphatic rings. The van der Waals surface area contributed by atoms with Crippen LogP contribution in [0.1, 0.15) is 89.2 Å². The Labute approximate surface area is 291 Å². The van der Waals surface area contributed by atoms with E-state index >= 15 is 0 Å². The number of aryl methyl sites for hydroxylation is 2. The van der Waals surface area contributed by atoms with Crippen molar-refractivity contribution >= 4 is 23.9 Å². The van der Waals surface area contributed by atoms with Crippen LogP contribution in [0.15, 0.2) is 78.9 Å². The fourth-order valence-corrected chi connectivity index (χ4v) is 5.58. The van der Waals surface area contributed by atoms with Gasteiger partial charge in [-0.1, -0.05) is 84.4 Å². The van der Waals surface area contributed by atoms with Crippen LogP contribution < -0.4 is 10.6 Å². The second kappa shape index (κ2) is 16.6. The number of hydrogen-bond donors (Lipinski definition) is 2. The highest BCUT2D eigenvalue weighted by atomic mass is 16.6. The average Bonchev–Trinajstić information content (AvgIpc) is 2.98. The molecule has 3 unspecified atom stereocenters. The van der Waals surface area contributed by atoms with Gasteiger partial charge in [0.15, 0.2) is 0 Å². The Bertz CT molecular complexity index is 1570. The van der Waals surface area contributed by atoms with Crippen LogP contribution in [0.2, 0.25) is 0 Å². The third-order valence-electron chi connectivity index (χ3n) is 7.62. The first-order chi connectivity index (χ1) is 22.8. The summed E-state index contributed by atoms with van der Waals surface area (Å²) in [6.07, 6.45) is -0.392. The van der Waals surface area contributed by atoms with Gasteiger partial charge in [0.05, 0.1) is 0 Å².